The number of ether oxygens (including phenoxy) is 1. The zero-order chi connectivity index (χ0) is 17.3. The van der Waals surface area contributed by atoms with E-state index in [9.17, 15) is 22.0 Å². The van der Waals surface area contributed by atoms with Crippen LogP contribution in [-0.4, -0.2) is 39.3 Å². The van der Waals surface area contributed by atoms with Crippen LogP contribution in [0.1, 0.15) is 5.69 Å². The van der Waals surface area contributed by atoms with Gasteiger partial charge in [-0.15, -0.1) is 5.10 Å². The Morgan fingerprint density at radius 1 is 1.26 bits per heavy atom. The predicted molar refractivity (Wildman–Crippen MR) is 69.0 cm³/mol. The molecule has 6 nitrogen and oxygen atoms in total. The molecule has 0 N–H and O–H groups in total. The highest BCUT2D eigenvalue weighted by molar-refractivity contribution is 5.51. The van der Waals surface area contributed by atoms with Crippen molar-refractivity contribution in [3.8, 4) is 5.75 Å². The number of hydrogen-bond acceptors (Lipinski definition) is 5. The summed E-state index contributed by atoms with van der Waals surface area (Å²) in [4.78, 5) is 5.12. The summed E-state index contributed by atoms with van der Waals surface area (Å²) in [5.74, 6) is -0.872. The first-order valence-electron chi connectivity index (χ1n) is 6.25. The summed E-state index contributed by atoms with van der Waals surface area (Å²) < 4.78 is 68.2. The molecule has 0 aliphatic rings. The molecule has 23 heavy (non-hydrogen) atoms. The van der Waals surface area contributed by atoms with Gasteiger partial charge < -0.3 is 9.64 Å². The summed E-state index contributed by atoms with van der Waals surface area (Å²) in [6.07, 6.45) is -8.33. The fraction of sp³-hybridized carbons (Fsp3) is 0.417. The van der Waals surface area contributed by atoms with Crippen molar-refractivity contribution in [2.45, 2.75) is 18.8 Å². The van der Waals surface area contributed by atoms with Crippen molar-refractivity contribution in [1.29, 1.82) is 0 Å². The van der Waals surface area contributed by atoms with Crippen molar-refractivity contribution in [3.63, 3.8) is 0 Å². The summed E-state index contributed by atoms with van der Waals surface area (Å²) in [6, 6.07) is 2.18. The minimum Gasteiger partial charge on any atom is -0.422 e. The Morgan fingerprint density at radius 2 is 1.96 bits per heavy atom. The smallest absolute Gasteiger partial charge is 0.422 e. The van der Waals surface area contributed by atoms with Gasteiger partial charge in [-0.2, -0.15) is 22.0 Å². The van der Waals surface area contributed by atoms with Gasteiger partial charge >= 0.3 is 12.3 Å². The Balaban J connectivity index is 2.23. The topological polar surface area (TPSA) is 56.1 Å². The highest BCUT2D eigenvalue weighted by atomic mass is 19.4. The molecule has 0 saturated carbocycles. The van der Waals surface area contributed by atoms with Crippen LogP contribution in [0.3, 0.4) is 0 Å². The maximum atomic E-state index is 13.1. The summed E-state index contributed by atoms with van der Waals surface area (Å²) in [5.41, 5.74) is 0.481. The van der Waals surface area contributed by atoms with Gasteiger partial charge in [0.05, 0.1) is 6.54 Å². The SMILES string of the molecule is CN(Cc1cn(C)nn1)c1ncccc1OC(F)(F)C(F)(F)F. The molecule has 0 bridgehead atoms. The Morgan fingerprint density at radius 3 is 2.52 bits per heavy atom. The fourth-order valence-electron chi connectivity index (χ4n) is 1.73. The van der Waals surface area contributed by atoms with Crippen LogP contribution in [0.4, 0.5) is 27.8 Å². The average molecular weight is 337 g/mol. The van der Waals surface area contributed by atoms with E-state index in [2.05, 4.69) is 20.0 Å². The van der Waals surface area contributed by atoms with E-state index < -0.39 is 18.0 Å². The summed E-state index contributed by atoms with van der Waals surface area (Å²) in [5, 5.41) is 7.50. The molecular formula is C12H12F5N5O. The largest absolute Gasteiger partial charge is 0.499 e. The first-order chi connectivity index (χ1) is 10.6. The van der Waals surface area contributed by atoms with Gasteiger partial charge in [0, 0.05) is 26.5 Å². The molecule has 0 saturated heterocycles. The number of hydrogen-bond donors (Lipinski definition) is 0. The molecule has 0 aromatic carbocycles. The van der Waals surface area contributed by atoms with Crippen LogP contribution < -0.4 is 9.64 Å². The van der Waals surface area contributed by atoms with Crippen LogP contribution >= 0.6 is 0 Å². The molecule has 2 aromatic heterocycles. The van der Waals surface area contributed by atoms with E-state index in [-0.39, 0.29) is 12.4 Å². The van der Waals surface area contributed by atoms with E-state index in [1.807, 2.05) is 0 Å². The molecule has 126 valence electrons. The second kappa shape index (κ2) is 5.97. The summed E-state index contributed by atoms with van der Waals surface area (Å²) in [7, 11) is 3.09. The predicted octanol–water partition coefficient (Wildman–Crippen LogP) is 2.38. The highest BCUT2D eigenvalue weighted by Crippen LogP contribution is 2.39. The number of aromatic nitrogens is 4. The number of aryl methyl sites for hydroxylation is 1. The number of halogens is 5. The first-order valence-corrected chi connectivity index (χ1v) is 6.25. The summed E-state index contributed by atoms with van der Waals surface area (Å²) >= 11 is 0. The van der Waals surface area contributed by atoms with E-state index in [0.717, 1.165) is 6.07 Å². The molecule has 2 aromatic rings. The Hall–Kier alpha value is -2.46. The maximum Gasteiger partial charge on any atom is 0.499 e. The third-order valence-corrected chi connectivity index (χ3v) is 2.73. The molecule has 2 heterocycles. The van der Waals surface area contributed by atoms with Crippen molar-refractivity contribution in [3.05, 3.63) is 30.2 Å². The lowest BCUT2D eigenvalue weighted by Crippen LogP contribution is -2.42. The van der Waals surface area contributed by atoms with E-state index in [1.54, 1.807) is 13.2 Å². The van der Waals surface area contributed by atoms with Gasteiger partial charge in [-0.1, -0.05) is 5.21 Å². The van der Waals surface area contributed by atoms with Crippen LogP contribution in [0.15, 0.2) is 24.5 Å². The number of rotatable bonds is 5. The highest BCUT2D eigenvalue weighted by Gasteiger charge is 2.61. The zero-order valence-corrected chi connectivity index (χ0v) is 12.1. The lowest BCUT2D eigenvalue weighted by Gasteiger charge is -2.24. The van der Waals surface area contributed by atoms with Gasteiger partial charge in [0.2, 0.25) is 0 Å². The lowest BCUT2D eigenvalue weighted by atomic mass is 10.3. The Labute approximate surface area is 127 Å². The molecule has 0 aliphatic carbocycles. The average Bonchev–Trinajstić information content (AvgIpc) is 2.83. The second-order valence-electron chi connectivity index (χ2n) is 4.68. The van der Waals surface area contributed by atoms with Crippen molar-refractivity contribution in [2.75, 3.05) is 11.9 Å². The maximum absolute atomic E-state index is 13.1. The number of pyridine rings is 1. The van der Waals surface area contributed by atoms with Crippen LogP contribution in [0.2, 0.25) is 0 Å². The molecule has 0 radical (unpaired) electrons. The van der Waals surface area contributed by atoms with Gasteiger partial charge in [0.1, 0.15) is 5.69 Å². The number of anilines is 1. The molecule has 0 fully saturated rings. The van der Waals surface area contributed by atoms with E-state index >= 15 is 0 Å². The van der Waals surface area contributed by atoms with Crippen LogP contribution in [-0.2, 0) is 13.6 Å². The normalized spacial score (nSPS) is 12.3. The van der Waals surface area contributed by atoms with Crippen molar-refractivity contribution >= 4 is 5.82 Å². The molecule has 0 unspecified atom stereocenters. The zero-order valence-electron chi connectivity index (χ0n) is 12.1. The van der Waals surface area contributed by atoms with Gasteiger partial charge in [-0.25, -0.2) is 4.98 Å². The third-order valence-electron chi connectivity index (χ3n) is 2.73. The van der Waals surface area contributed by atoms with Crippen molar-refractivity contribution in [2.24, 2.45) is 7.05 Å². The van der Waals surface area contributed by atoms with Crippen LogP contribution in [0.5, 0.6) is 5.75 Å². The van der Waals surface area contributed by atoms with Crippen LogP contribution in [0.25, 0.3) is 0 Å². The molecule has 0 aliphatic heterocycles. The number of alkyl halides is 5. The third kappa shape index (κ3) is 3.85. The quantitative estimate of drug-likeness (QED) is 0.784. The lowest BCUT2D eigenvalue weighted by molar-refractivity contribution is -0.360. The minimum absolute atomic E-state index is 0.0960. The molecular weight excluding hydrogens is 325 g/mol. The fourth-order valence-corrected chi connectivity index (χ4v) is 1.73. The minimum atomic E-state index is -5.83. The molecule has 11 heteroatoms. The van der Waals surface area contributed by atoms with Crippen molar-refractivity contribution < 1.29 is 26.7 Å². The molecule has 0 spiro atoms. The van der Waals surface area contributed by atoms with E-state index in [1.165, 1.54) is 28.9 Å². The Bertz CT molecular complexity index is 672. The first kappa shape index (κ1) is 16.9. The van der Waals surface area contributed by atoms with E-state index in [0.29, 0.717) is 5.69 Å². The Kier molecular flexibility index (Phi) is 4.39. The van der Waals surface area contributed by atoms with Crippen LogP contribution in [0, 0.1) is 0 Å². The van der Waals surface area contributed by atoms with Gasteiger partial charge in [0.15, 0.2) is 11.6 Å². The standard InChI is InChI=1S/C12H12F5N5O/c1-21(6-8-7-22(2)20-19-8)10-9(4-3-5-18-10)23-12(16,17)11(13,14)15/h3-5,7H,6H2,1-2H3. The molecule has 2 rings (SSSR count). The van der Waals surface area contributed by atoms with Crippen molar-refractivity contribution in [1.82, 2.24) is 20.0 Å². The molecule has 0 amide bonds. The second-order valence-corrected chi connectivity index (χ2v) is 4.68. The number of nitrogens with zero attached hydrogens (tertiary/aromatic N) is 5. The van der Waals surface area contributed by atoms with Gasteiger partial charge in [0.25, 0.3) is 0 Å². The van der Waals surface area contributed by atoms with Gasteiger partial charge in [-0.3, -0.25) is 4.68 Å². The van der Waals surface area contributed by atoms with E-state index in [4.69, 9.17) is 0 Å². The molecule has 0 atom stereocenters. The monoisotopic (exact) mass is 337 g/mol. The summed E-state index contributed by atoms with van der Waals surface area (Å²) in [6.45, 7) is 0.0960. The van der Waals surface area contributed by atoms with Gasteiger partial charge in [-0.05, 0) is 12.1 Å².